The van der Waals surface area contributed by atoms with Gasteiger partial charge in [0.2, 0.25) is 5.91 Å². The Balaban J connectivity index is 3.34. The largest absolute Gasteiger partial charge is 0.476 e. The minimum absolute atomic E-state index is 0.107. The number of rotatable bonds is 5. The molecule has 0 fully saturated rings. The van der Waals surface area contributed by atoms with Crippen LogP contribution >= 0.6 is 0 Å². The molecule has 1 atom stereocenters. The van der Waals surface area contributed by atoms with Crippen molar-refractivity contribution in [3.63, 3.8) is 0 Å². The molecule has 1 amide bonds. The Morgan fingerprint density at radius 2 is 2.06 bits per heavy atom. The maximum Gasteiger partial charge on any atom is 0.358 e. The van der Waals surface area contributed by atoms with Crippen LogP contribution in [-0.2, 0) is 4.79 Å². The second-order valence-corrected chi connectivity index (χ2v) is 4.05. The van der Waals surface area contributed by atoms with Crippen LogP contribution in [0.3, 0.4) is 0 Å². The van der Waals surface area contributed by atoms with Gasteiger partial charge >= 0.3 is 5.97 Å². The number of carboxylic acid groups (broad SMARTS) is 1. The van der Waals surface area contributed by atoms with Crippen LogP contribution in [0.1, 0.15) is 55.3 Å². The normalized spacial score (nSPS) is 12.7. The number of carboxylic acids is 1. The predicted molar refractivity (Wildman–Crippen MR) is 59.6 cm³/mol. The van der Waals surface area contributed by atoms with Gasteiger partial charge in [-0.05, 0) is 12.3 Å². The summed E-state index contributed by atoms with van der Waals surface area (Å²) in [5.41, 5.74) is 5.55. The first kappa shape index (κ1) is 13.1. The van der Waals surface area contributed by atoms with Gasteiger partial charge in [-0.2, -0.15) is 0 Å². The minimum atomic E-state index is -1.15. The van der Waals surface area contributed by atoms with Gasteiger partial charge in [0.15, 0.2) is 5.69 Å². The highest BCUT2D eigenvalue weighted by Crippen LogP contribution is 2.22. The lowest BCUT2D eigenvalue weighted by molar-refractivity contribution is -0.121. The zero-order valence-electron chi connectivity index (χ0n) is 10.0. The van der Waals surface area contributed by atoms with E-state index in [-0.39, 0.29) is 11.6 Å². The molecule has 0 aliphatic rings. The number of carbonyl (C=O) groups excluding carboxylic acids is 1. The van der Waals surface area contributed by atoms with E-state index in [4.69, 9.17) is 10.8 Å². The van der Waals surface area contributed by atoms with Crippen molar-refractivity contribution in [2.24, 2.45) is 5.73 Å². The second-order valence-electron chi connectivity index (χ2n) is 4.05. The van der Waals surface area contributed by atoms with Crippen LogP contribution in [0.2, 0.25) is 0 Å². The van der Waals surface area contributed by atoms with Gasteiger partial charge in [-0.3, -0.25) is 4.79 Å². The molecule has 0 saturated heterocycles. The molecule has 0 aliphatic carbocycles. The Morgan fingerprint density at radius 1 is 1.47 bits per heavy atom. The molecule has 1 unspecified atom stereocenters. The van der Waals surface area contributed by atoms with Crippen LogP contribution in [0, 0.1) is 0 Å². The van der Waals surface area contributed by atoms with E-state index in [1.807, 2.05) is 13.8 Å². The van der Waals surface area contributed by atoms with E-state index in [2.05, 4.69) is 10.3 Å². The van der Waals surface area contributed by atoms with Crippen molar-refractivity contribution >= 4 is 11.9 Å². The lowest BCUT2D eigenvalue weighted by Gasteiger charge is -2.16. The van der Waals surface area contributed by atoms with Gasteiger partial charge in [-0.1, -0.05) is 26.0 Å². The maximum atomic E-state index is 11.3. The Labute approximate surface area is 98.6 Å². The molecule has 0 aliphatic heterocycles. The van der Waals surface area contributed by atoms with Gasteiger partial charge in [0.05, 0.1) is 5.69 Å². The number of hydrogen-bond acceptors (Lipinski definition) is 4. The molecule has 1 heterocycles. The summed E-state index contributed by atoms with van der Waals surface area (Å²) in [6.45, 7) is 5.41. The average Bonchev–Trinajstić information content (AvgIpc) is 2.62. The third kappa shape index (κ3) is 2.43. The highest BCUT2D eigenvalue weighted by molar-refractivity contribution is 5.87. The summed E-state index contributed by atoms with van der Waals surface area (Å²) in [5, 5.41) is 16.3. The number of aromatic carboxylic acids is 1. The number of nitrogens with zero attached hydrogens (tertiary/aromatic N) is 3. The molecule has 0 saturated carbocycles. The van der Waals surface area contributed by atoms with Crippen molar-refractivity contribution in [1.29, 1.82) is 0 Å². The lowest BCUT2D eigenvalue weighted by Crippen LogP contribution is -2.28. The SMILES string of the molecule is CCC(C(N)=O)n1nnc(C(=O)O)c1C(C)C. The summed E-state index contributed by atoms with van der Waals surface area (Å²) in [6.07, 6.45) is 0.442. The number of nitrogens with two attached hydrogens (primary N) is 1. The molecule has 7 heteroatoms. The van der Waals surface area contributed by atoms with Gasteiger partial charge in [0.25, 0.3) is 0 Å². The molecule has 1 aromatic rings. The minimum Gasteiger partial charge on any atom is -0.476 e. The highest BCUT2D eigenvalue weighted by atomic mass is 16.4. The standard InChI is InChI=1S/C10H16N4O3/c1-4-6(9(11)15)14-8(5(2)3)7(10(16)17)12-13-14/h5-6H,4H2,1-3H3,(H2,11,15)(H,16,17). The van der Waals surface area contributed by atoms with Crippen molar-refractivity contribution < 1.29 is 14.7 Å². The fourth-order valence-corrected chi connectivity index (χ4v) is 1.72. The number of aromatic nitrogens is 3. The monoisotopic (exact) mass is 240 g/mol. The van der Waals surface area contributed by atoms with Crippen LogP contribution in [0.5, 0.6) is 0 Å². The van der Waals surface area contributed by atoms with E-state index in [0.717, 1.165) is 0 Å². The summed E-state index contributed by atoms with van der Waals surface area (Å²) in [5.74, 6) is -1.81. The van der Waals surface area contributed by atoms with Gasteiger partial charge in [-0.25, -0.2) is 9.48 Å². The molecule has 3 N–H and O–H groups in total. The van der Waals surface area contributed by atoms with E-state index < -0.39 is 17.9 Å². The van der Waals surface area contributed by atoms with Crippen molar-refractivity contribution in [2.45, 2.75) is 39.2 Å². The summed E-state index contributed by atoms with van der Waals surface area (Å²) in [4.78, 5) is 22.3. The number of hydrogen-bond donors (Lipinski definition) is 2. The molecule has 0 spiro atoms. The number of carbonyl (C=O) groups is 2. The Hall–Kier alpha value is -1.92. The molecular weight excluding hydrogens is 224 g/mol. The first-order valence-corrected chi connectivity index (χ1v) is 5.37. The molecule has 0 radical (unpaired) electrons. The van der Waals surface area contributed by atoms with Gasteiger partial charge in [0, 0.05) is 0 Å². The van der Waals surface area contributed by atoms with Crippen LogP contribution in [-0.4, -0.2) is 32.0 Å². The summed E-state index contributed by atoms with van der Waals surface area (Å²) in [7, 11) is 0. The van der Waals surface area contributed by atoms with Crippen molar-refractivity contribution in [3.05, 3.63) is 11.4 Å². The van der Waals surface area contributed by atoms with E-state index >= 15 is 0 Å². The Kier molecular flexibility index (Phi) is 3.82. The van der Waals surface area contributed by atoms with Crippen LogP contribution < -0.4 is 5.73 Å². The van der Waals surface area contributed by atoms with E-state index in [0.29, 0.717) is 12.1 Å². The Morgan fingerprint density at radius 3 is 2.41 bits per heavy atom. The molecular formula is C10H16N4O3. The molecule has 0 aromatic carbocycles. The third-order valence-corrected chi connectivity index (χ3v) is 2.49. The topological polar surface area (TPSA) is 111 Å². The van der Waals surface area contributed by atoms with Crippen molar-refractivity contribution in [1.82, 2.24) is 15.0 Å². The third-order valence-electron chi connectivity index (χ3n) is 2.49. The summed E-state index contributed by atoms with van der Waals surface area (Å²) < 4.78 is 1.32. The van der Waals surface area contributed by atoms with Crippen LogP contribution in [0.25, 0.3) is 0 Å². The first-order valence-electron chi connectivity index (χ1n) is 5.37. The molecule has 94 valence electrons. The predicted octanol–water partition coefficient (Wildman–Crippen LogP) is 0.536. The first-order chi connectivity index (χ1) is 7.90. The summed E-state index contributed by atoms with van der Waals surface area (Å²) >= 11 is 0. The molecule has 0 bridgehead atoms. The number of primary amides is 1. The molecule has 7 nitrogen and oxygen atoms in total. The van der Waals surface area contributed by atoms with Crippen LogP contribution in [0.15, 0.2) is 0 Å². The molecule has 17 heavy (non-hydrogen) atoms. The van der Waals surface area contributed by atoms with Crippen LogP contribution in [0.4, 0.5) is 0 Å². The zero-order valence-corrected chi connectivity index (χ0v) is 10.0. The van der Waals surface area contributed by atoms with Gasteiger partial charge in [0.1, 0.15) is 6.04 Å². The molecule has 1 aromatic heterocycles. The van der Waals surface area contributed by atoms with E-state index in [1.54, 1.807) is 6.92 Å². The number of amides is 1. The van der Waals surface area contributed by atoms with E-state index in [1.165, 1.54) is 4.68 Å². The van der Waals surface area contributed by atoms with Crippen molar-refractivity contribution in [2.75, 3.05) is 0 Å². The smallest absolute Gasteiger partial charge is 0.358 e. The summed E-state index contributed by atoms with van der Waals surface area (Å²) in [6, 6.07) is -0.659. The maximum absolute atomic E-state index is 11.3. The van der Waals surface area contributed by atoms with E-state index in [9.17, 15) is 9.59 Å². The second kappa shape index (κ2) is 4.94. The average molecular weight is 240 g/mol. The molecule has 1 rings (SSSR count). The van der Waals surface area contributed by atoms with Gasteiger partial charge in [-0.15, -0.1) is 5.10 Å². The lowest BCUT2D eigenvalue weighted by atomic mass is 10.1. The fraction of sp³-hybridized carbons (Fsp3) is 0.600. The fourth-order valence-electron chi connectivity index (χ4n) is 1.72. The van der Waals surface area contributed by atoms with Gasteiger partial charge < -0.3 is 10.8 Å². The quantitative estimate of drug-likeness (QED) is 0.780. The Bertz CT molecular complexity index is 439. The zero-order chi connectivity index (χ0) is 13.2. The van der Waals surface area contributed by atoms with Crippen molar-refractivity contribution in [3.8, 4) is 0 Å². The highest BCUT2D eigenvalue weighted by Gasteiger charge is 2.27.